The summed E-state index contributed by atoms with van der Waals surface area (Å²) in [5.74, 6) is -0.471. The van der Waals surface area contributed by atoms with Gasteiger partial charge in [-0.2, -0.15) is 4.39 Å². The highest BCUT2D eigenvalue weighted by atomic mass is 79.9. The smallest absolute Gasteiger partial charge is 0.206 e. The summed E-state index contributed by atoms with van der Waals surface area (Å²) in [5, 5.41) is 0. The molecule has 106 valence electrons. The first-order valence-corrected chi connectivity index (χ1v) is 6.99. The van der Waals surface area contributed by atoms with Crippen LogP contribution < -0.4 is 5.43 Å². The molecule has 0 spiro atoms. The molecule has 3 nitrogen and oxygen atoms in total. The molecule has 0 amide bonds. The Bertz CT molecular complexity index is 761. The van der Waals surface area contributed by atoms with Gasteiger partial charge in [0.05, 0.1) is 4.91 Å². The van der Waals surface area contributed by atoms with Crippen molar-refractivity contribution >= 4 is 27.2 Å². The number of anilines is 1. The molecule has 1 atom stereocenters. The Hall–Kier alpha value is -2.08. The number of hydrogen-bond acceptors (Lipinski definition) is 1. The second-order valence-corrected chi connectivity index (χ2v) is 5.48. The number of nitroso groups, excluding NO2 is 1. The molecule has 6 heteroatoms. The van der Waals surface area contributed by atoms with Gasteiger partial charge >= 0.3 is 6.30 Å². The Morgan fingerprint density at radius 2 is 1.90 bits per heavy atom. The predicted octanol–water partition coefficient (Wildman–Crippen LogP) is 4.43. The molecule has 2 aromatic carbocycles. The van der Waals surface area contributed by atoms with Gasteiger partial charge in [-0.15, -0.1) is 5.43 Å². The zero-order valence-electron chi connectivity index (χ0n) is 10.7. The van der Waals surface area contributed by atoms with Crippen LogP contribution in [0.15, 0.2) is 53.0 Å². The third-order valence-electron chi connectivity index (χ3n) is 3.19. The van der Waals surface area contributed by atoms with E-state index in [4.69, 9.17) is 0 Å². The number of halogens is 3. The third kappa shape index (κ3) is 2.58. The lowest BCUT2D eigenvalue weighted by Crippen LogP contribution is -2.22. The molecular weight excluding hydrogens is 342 g/mol. The molecule has 0 fully saturated rings. The zero-order chi connectivity index (χ0) is 15.0. The molecule has 1 aliphatic heterocycles. The van der Waals surface area contributed by atoms with E-state index in [9.17, 15) is 13.7 Å². The monoisotopic (exact) mass is 351 g/mol. The minimum atomic E-state index is -1.91. The average Bonchev–Trinajstić information content (AvgIpc) is 2.58. The zero-order valence-corrected chi connectivity index (χ0v) is 12.3. The Morgan fingerprint density at radius 1 is 1.14 bits per heavy atom. The summed E-state index contributed by atoms with van der Waals surface area (Å²) in [5.41, 5.74) is 3.98. The van der Waals surface area contributed by atoms with Crippen LogP contribution in [-0.4, -0.2) is 11.2 Å². The molecule has 0 aromatic heterocycles. The second kappa shape index (κ2) is 5.37. The van der Waals surface area contributed by atoms with E-state index in [0.29, 0.717) is 16.8 Å². The standard InChI is InChI=1S/C15H10BrF2N2O/c16-9-5-6-14-12(7-9)11(8-15(18)20(21)19-14)10-3-1-2-4-13(10)17/h1-8,15H,(H,19,21)/q+1. The fraction of sp³-hybridized carbons (Fsp3) is 0.0667. The van der Waals surface area contributed by atoms with Crippen LogP contribution in [0, 0.1) is 10.7 Å². The summed E-state index contributed by atoms with van der Waals surface area (Å²) < 4.78 is 28.7. The topological polar surface area (TPSA) is 32.1 Å². The lowest BCUT2D eigenvalue weighted by molar-refractivity contribution is -0.572. The molecule has 0 saturated carbocycles. The van der Waals surface area contributed by atoms with Gasteiger partial charge in [0.1, 0.15) is 11.5 Å². The Kier molecular flexibility index (Phi) is 3.55. The van der Waals surface area contributed by atoms with E-state index >= 15 is 0 Å². The number of nitrogens with one attached hydrogen (secondary N) is 1. The van der Waals surface area contributed by atoms with Crippen molar-refractivity contribution in [1.29, 1.82) is 0 Å². The number of alkyl halides is 1. The number of rotatable bonds is 1. The summed E-state index contributed by atoms with van der Waals surface area (Å²) in [4.78, 5) is 11.7. The highest BCUT2D eigenvalue weighted by molar-refractivity contribution is 9.10. The van der Waals surface area contributed by atoms with Crippen molar-refractivity contribution in [2.75, 3.05) is 5.43 Å². The number of nitrogens with zero attached hydrogens (tertiary/aromatic N) is 1. The summed E-state index contributed by atoms with van der Waals surface area (Å²) in [6.07, 6.45) is -0.803. The quantitative estimate of drug-likeness (QED) is 0.608. The molecule has 2 aromatic rings. The van der Waals surface area contributed by atoms with Crippen LogP contribution >= 0.6 is 15.9 Å². The van der Waals surface area contributed by atoms with Gasteiger partial charge in [0.15, 0.2) is 4.87 Å². The molecular formula is C15H10BrF2N2O+. The molecule has 0 saturated heterocycles. The van der Waals surface area contributed by atoms with Crippen LogP contribution in [0.4, 0.5) is 14.5 Å². The summed E-state index contributed by atoms with van der Waals surface area (Å²) >= 11 is 3.33. The second-order valence-electron chi connectivity index (χ2n) is 4.56. The maximum absolute atomic E-state index is 14.0. The van der Waals surface area contributed by atoms with E-state index in [2.05, 4.69) is 21.4 Å². The van der Waals surface area contributed by atoms with Crippen molar-refractivity contribution < 1.29 is 13.6 Å². The SMILES string of the molecule is O=[N+]1Nc2ccc(Br)cc2C(c2ccccc2F)=CC1F. The van der Waals surface area contributed by atoms with Gasteiger partial charge in [-0.3, -0.25) is 0 Å². The molecule has 1 N–H and O–H groups in total. The number of fused-ring (bicyclic) bond motifs is 1. The minimum Gasteiger partial charge on any atom is -0.206 e. The van der Waals surface area contributed by atoms with Gasteiger partial charge in [0, 0.05) is 21.7 Å². The highest BCUT2D eigenvalue weighted by Gasteiger charge is 2.30. The first-order valence-electron chi connectivity index (χ1n) is 6.20. The number of hydrogen-bond donors (Lipinski definition) is 1. The van der Waals surface area contributed by atoms with Gasteiger partial charge in [-0.05, 0) is 29.8 Å². The van der Waals surface area contributed by atoms with Crippen molar-refractivity contribution in [2.24, 2.45) is 0 Å². The van der Waals surface area contributed by atoms with Crippen LogP contribution in [0.25, 0.3) is 5.57 Å². The molecule has 1 aliphatic rings. The van der Waals surface area contributed by atoms with Gasteiger partial charge < -0.3 is 0 Å². The van der Waals surface area contributed by atoms with Crippen molar-refractivity contribution in [3.05, 3.63) is 74.9 Å². The first-order chi connectivity index (χ1) is 10.1. The maximum atomic E-state index is 14.0. The summed E-state index contributed by atoms with van der Waals surface area (Å²) in [7, 11) is 0. The normalized spacial score (nSPS) is 17.6. The predicted molar refractivity (Wildman–Crippen MR) is 79.8 cm³/mol. The molecule has 0 radical (unpaired) electrons. The molecule has 1 heterocycles. The van der Waals surface area contributed by atoms with Crippen LogP contribution in [0.5, 0.6) is 0 Å². The van der Waals surface area contributed by atoms with Crippen LogP contribution in [0.3, 0.4) is 0 Å². The van der Waals surface area contributed by atoms with Crippen LogP contribution in [-0.2, 0) is 0 Å². The first kappa shape index (κ1) is 13.9. The number of hydrazine groups is 1. The van der Waals surface area contributed by atoms with E-state index in [1.165, 1.54) is 6.07 Å². The van der Waals surface area contributed by atoms with Crippen LogP contribution in [0.2, 0.25) is 0 Å². The third-order valence-corrected chi connectivity index (χ3v) is 3.69. The van der Waals surface area contributed by atoms with Crippen molar-refractivity contribution in [1.82, 2.24) is 0 Å². The highest BCUT2D eigenvalue weighted by Crippen LogP contribution is 2.35. The average molecular weight is 352 g/mol. The fourth-order valence-corrected chi connectivity index (χ4v) is 2.59. The minimum absolute atomic E-state index is 0.0978. The molecule has 0 aliphatic carbocycles. The lowest BCUT2D eigenvalue weighted by Gasteiger charge is -2.10. The van der Waals surface area contributed by atoms with Crippen LogP contribution in [0.1, 0.15) is 11.1 Å². The van der Waals surface area contributed by atoms with Crippen molar-refractivity contribution in [2.45, 2.75) is 6.30 Å². The summed E-state index contributed by atoms with van der Waals surface area (Å²) in [6.45, 7) is 0. The van der Waals surface area contributed by atoms with Gasteiger partial charge in [-0.25, -0.2) is 4.39 Å². The maximum Gasteiger partial charge on any atom is 0.390 e. The largest absolute Gasteiger partial charge is 0.390 e. The molecule has 3 rings (SSSR count). The Morgan fingerprint density at radius 3 is 2.67 bits per heavy atom. The fourth-order valence-electron chi connectivity index (χ4n) is 2.23. The van der Waals surface area contributed by atoms with Crippen molar-refractivity contribution in [3.8, 4) is 0 Å². The van der Waals surface area contributed by atoms with E-state index in [1.54, 1.807) is 36.4 Å². The Balaban J connectivity index is 2.27. The van der Waals surface area contributed by atoms with E-state index in [1.807, 2.05) is 0 Å². The van der Waals surface area contributed by atoms with Crippen molar-refractivity contribution in [3.63, 3.8) is 0 Å². The van der Waals surface area contributed by atoms with Gasteiger partial charge in [-0.1, -0.05) is 34.1 Å². The van der Waals surface area contributed by atoms with E-state index < -0.39 is 12.1 Å². The summed E-state index contributed by atoms with van der Waals surface area (Å²) in [6, 6.07) is 11.1. The molecule has 1 unspecified atom stereocenters. The lowest BCUT2D eigenvalue weighted by atomic mass is 9.96. The molecule has 0 bridgehead atoms. The van der Waals surface area contributed by atoms with E-state index in [-0.39, 0.29) is 10.4 Å². The Labute approximate surface area is 128 Å². The van der Waals surface area contributed by atoms with E-state index in [0.717, 1.165) is 10.5 Å². The van der Waals surface area contributed by atoms with Gasteiger partial charge in [0.2, 0.25) is 0 Å². The van der Waals surface area contributed by atoms with Gasteiger partial charge in [0.25, 0.3) is 0 Å². The molecule has 21 heavy (non-hydrogen) atoms. The number of benzene rings is 2.